The van der Waals surface area contributed by atoms with Crippen LogP contribution in [0.2, 0.25) is 5.02 Å². The van der Waals surface area contributed by atoms with E-state index in [4.69, 9.17) is 23.2 Å². The minimum absolute atomic E-state index is 0.366. The highest BCUT2D eigenvalue weighted by Gasteiger charge is 2.17. The van der Waals surface area contributed by atoms with Gasteiger partial charge in [-0.05, 0) is 58.6 Å². The lowest BCUT2D eigenvalue weighted by Crippen LogP contribution is -1.98. The van der Waals surface area contributed by atoms with Crippen molar-refractivity contribution in [1.29, 1.82) is 0 Å². The molecule has 0 aliphatic heterocycles. The highest BCUT2D eigenvalue weighted by molar-refractivity contribution is 9.10. The Morgan fingerprint density at radius 1 is 1.11 bits per heavy atom. The molecule has 2 aromatic carbocycles. The van der Waals surface area contributed by atoms with Crippen LogP contribution in [0.4, 0.5) is 4.39 Å². The Balaban J connectivity index is 2.46. The van der Waals surface area contributed by atoms with Crippen molar-refractivity contribution >= 4 is 39.1 Å². The summed E-state index contributed by atoms with van der Waals surface area (Å²) in [7, 11) is 0. The average molecular weight is 362 g/mol. The predicted octanol–water partition coefficient (Wildman–Crippen LogP) is 6.19. The summed E-state index contributed by atoms with van der Waals surface area (Å²) in [5.41, 5.74) is 3.56. The Kier molecular flexibility index (Phi) is 4.54. The van der Waals surface area contributed by atoms with Crippen LogP contribution in [0.1, 0.15) is 27.6 Å². The smallest absolute Gasteiger partial charge is 0.129 e. The van der Waals surface area contributed by atoms with Gasteiger partial charge in [0.2, 0.25) is 0 Å². The molecule has 4 heteroatoms. The zero-order chi connectivity index (χ0) is 14.2. The molecule has 0 radical (unpaired) electrons. The van der Waals surface area contributed by atoms with E-state index in [-0.39, 0.29) is 5.82 Å². The van der Waals surface area contributed by atoms with Crippen LogP contribution >= 0.6 is 39.1 Å². The van der Waals surface area contributed by atoms with Crippen molar-refractivity contribution in [3.05, 3.63) is 67.9 Å². The Bertz CT molecular complexity index is 626. The number of halogens is 4. The van der Waals surface area contributed by atoms with Gasteiger partial charge in [0.25, 0.3) is 0 Å². The first-order valence-electron chi connectivity index (χ1n) is 5.76. The topological polar surface area (TPSA) is 0 Å². The standard InChI is InChI=1S/C15H12BrCl2F/c1-8-3-4-10(5-9(8)2)15(18)11-6-13(17)12(16)7-14(11)19/h3-7,15H,1-2H3. The molecule has 0 saturated carbocycles. The molecule has 0 saturated heterocycles. The van der Waals surface area contributed by atoms with E-state index in [1.165, 1.54) is 11.6 Å². The van der Waals surface area contributed by atoms with Crippen molar-refractivity contribution in [3.63, 3.8) is 0 Å². The molecule has 0 aliphatic rings. The Labute approximate surface area is 130 Å². The summed E-state index contributed by atoms with van der Waals surface area (Å²) in [5, 5.41) is -0.101. The van der Waals surface area contributed by atoms with Gasteiger partial charge in [0.1, 0.15) is 5.82 Å². The van der Waals surface area contributed by atoms with Gasteiger partial charge in [-0.3, -0.25) is 0 Å². The summed E-state index contributed by atoms with van der Waals surface area (Å²) in [6.45, 7) is 4.03. The minimum atomic E-state index is -0.551. The molecule has 0 aromatic heterocycles. The second-order valence-corrected chi connectivity index (χ2v) is 6.19. The molecule has 0 nitrogen and oxygen atoms in total. The molecule has 0 bridgehead atoms. The maximum absolute atomic E-state index is 14.0. The molecular formula is C15H12BrCl2F. The van der Waals surface area contributed by atoms with Crippen LogP contribution < -0.4 is 0 Å². The second kappa shape index (κ2) is 5.82. The van der Waals surface area contributed by atoms with E-state index >= 15 is 0 Å². The van der Waals surface area contributed by atoms with Gasteiger partial charge in [-0.1, -0.05) is 29.8 Å². The number of benzene rings is 2. The van der Waals surface area contributed by atoms with Crippen LogP contribution in [0, 0.1) is 19.7 Å². The number of hydrogen-bond acceptors (Lipinski definition) is 0. The number of alkyl halides is 1. The summed E-state index contributed by atoms with van der Waals surface area (Å²) in [6.07, 6.45) is 0. The van der Waals surface area contributed by atoms with Gasteiger partial charge in [-0.15, -0.1) is 11.6 Å². The van der Waals surface area contributed by atoms with E-state index in [1.54, 1.807) is 6.07 Å². The zero-order valence-electron chi connectivity index (χ0n) is 10.5. The molecule has 0 spiro atoms. The third kappa shape index (κ3) is 3.13. The van der Waals surface area contributed by atoms with E-state index in [1.807, 2.05) is 32.0 Å². The van der Waals surface area contributed by atoms with E-state index in [0.29, 0.717) is 15.1 Å². The summed E-state index contributed by atoms with van der Waals surface area (Å²) >= 11 is 15.6. The van der Waals surface area contributed by atoms with Crippen LogP contribution in [0.15, 0.2) is 34.8 Å². The van der Waals surface area contributed by atoms with Gasteiger partial charge in [0, 0.05) is 10.0 Å². The molecule has 19 heavy (non-hydrogen) atoms. The molecule has 1 atom stereocenters. The van der Waals surface area contributed by atoms with Crippen LogP contribution in [0.25, 0.3) is 0 Å². The maximum Gasteiger partial charge on any atom is 0.129 e. The van der Waals surface area contributed by atoms with Crippen molar-refractivity contribution in [2.24, 2.45) is 0 Å². The van der Waals surface area contributed by atoms with Gasteiger partial charge >= 0.3 is 0 Å². The number of rotatable bonds is 2. The highest BCUT2D eigenvalue weighted by atomic mass is 79.9. The van der Waals surface area contributed by atoms with E-state index in [9.17, 15) is 4.39 Å². The minimum Gasteiger partial charge on any atom is -0.207 e. The fourth-order valence-corrected chi connectivity index (χ4v) is 2.62. The molecule has 0 aliphatic carbocycles. The molecule has 1 unspecified atom stereocenters. The molecule has 0 amide bonds. The summed E-state index contributed by atoms with van der Waals surface area (Å²) in [6, 6.07) is 8.78. The monoisotopic (exact) mass is 360 g/mol. The third-order valence-corrected chi connectivity index (χ3v) is 4.82. The Morgan fingerprint density at radius 2 is 1.79 bits per heavy atom. The summed E-state index contributed by atoms with van der Waals surface area (Å²) < 4.78 is 14.5. The fraction of sp³-hybridized carbons (Fsp3) is 0.200. The predicted molar refractivity (Wildman–Crippen MR) is 82.7 cm³/mol. The number of hydrogen-bond donors (Lipinski definition) is 0. The van der Waals surface area contributed by atoms with Crippen molar-refractivity contribution in [1.82, 2.24) is 0 Å². The van der Waals surface area contributed by atoms with Gasteiger partial charge in [0.05, 0.1) is 10.4 Å². The third-order valence-electron chi connectivity index (χ3n) is 3.14. The second-order valence-electron chi connectivity index (χ2n) is 4.49. The van der Waals surface area contributed by atoms with Crippen LogP contribution in [-0.2, 0) is 0 Å². The lowest BCUT2D eigenvalue weighted by Gasteiger charge is -2.14. The van der Waals surface area contributed by atoms with Crippen LogP contribution in [0.5, 0.6) is 0 Å². The average Bonchev–Trinajstić information content (AvgIpc) is 2.36. The maximum atomic E-state index is 14.0. The first-order valence-corrected chi connectivity index (χ1v) is 7.36. The zero-order valence-corrected chi connectivity index (χ0v) is 13.6. The summed E-state index contributed by atoms with van der Waals surface area (Å²) in [5.74, 6) is -0.366. The van der Waals surface area contributed by atoms with Crippen molar-refractivity contribution in [2.75, 3.05) is 0 Å². The quantitative estimate of drug-likeness (QED) is 0.442. The first kappa shape index (κ1) is 14.8. The van der Waals surface area contributed by atoms with Crippen molar-refractivity contribution in [3.8, 4) is 0 Å². The first-order chi connectivity index (χ1) is 8.90. The summed E-state index contributed by atoms with van der Waals surface area (Å²) in [4.78, 5) is 0. The molecular weight excluding hydrogens is 350 g/mol. The van der Waals surface area contributed by atoms with E-state index < -0.39 is 5.38 Å². The van der Waals surface area contributed by atoms with Gasteiger partial charge in [0.15, 0.2) is 0 Å². The highest BCUT2D eigenvalue weighted by Crippen LogP contribution is 2.35. The van der Waals surface area contributed by atoms with Crippen LogP contribution in [-0.4, -0.2) is 0 Å². The lowest BCUT2D eigenvalue weighted by molar-refractivity contribution is 0.611. The molecule has 0 heterocycles. The van der Waals surface area contributed by atoms with Gasteiger partial charge < -0.3 is 0 Å². The molecule has 100 valence electrons. The normalized spacial score (nSPS) is 12.5. The van der Waals surface area contributed by atoms with Gasteiger partial charge in [-0.25, -0.2) is 4.39 Å². The van der Waals surface area contributed by atoms with Crippen LogP contribution in [0.3, 0.4) is 0 Å². The lowest BCUT2D eigenvalue weighted by atomic mass is 10.00. The SMILES string of the molecule is Cc1ccc(C(Cl)c2cc(Cl)c(Br)cc2F)cc1C. The van der Waals surface area contributed by atoms with Gasteiger partial charge in [-0.2, -0.15) is 0 Å². The Hall–Kier alpha value is -0.570. The Morgan fingerprint density at radius 3 is 2.42 bits per heavy atom. The van der Waals surface area contributed by atoms with E-state index in [2.05, 4.69) is 15.9 Å². The molecule has 2 aromatic rings. The fourth-order valence-electron chi connectivity index (χ4n) is 1.83. The molecule has 0 N–H and O–H groups in total. The largest absolute Gasteiger partial charge is 0.207 e. The van der Waals surface area contributed by atoms with E-state index in [0.717, 1.165) is 11.1 Å². The van der Waals surface area contributed by atoms with Crippen molar-refractivity contribution < 1.29 is 4.39 Å². The molecule has 2 rings (SSSR count). The number of aryl methyl sites for hydroxylation is 2. The van der Waals surface area contributed by atoms with Crippen molar-refractivity contribution in [2.45, 2.75) is 19.2 Å². The molecule has 0 fully saturated rings.